The monoisotopic (exact) mass is 972 g/mol. The Morgan fingerprint density at radius 2 is 0.789 bits per heavy atom. The van der Waals surface area contributed by atoms with Crippen molar-refractivity contribution >= 4 is 67.2 Å². The molecule has 0 saturated carbocycles. The molecule has 2 aliphatic rings. The van der Waals surface area contributed by atoms with Crippen LogP contribution in [0.2, 0.25) is 0 Å². The first-order valence-corrected chi connectivity index (χ1v) is 26.2. The lowest BCUT2D eigenvalue weighted by atomic mass is 9.92. The van der Waals surface area contributed by atoms with Crippen molar-refractivity contribution in [1.82, 2.24) is 4.57 Å². The third-order valence-electron chi connectivity index (χ3n) is 15.3. The van der Waals surface area contributed by atoms with Crippen molar-refractivity contribution in [2.45, 2.75) is 12.5 Å². The molecule has 0 bridgehead atoms. The number of aromatic nitrogens is 1. The molecule has 1 aromatic heterocycles. The summed E-state index contributed by atoms with van der Waals surface area (Å²) < 4.78 is 2.41. The van der Waals surface area contributed by atoms with Crippen molar-refractivity contribution in [2.75, 3.05) is 14.7 Å². The molecule has 0 radical (unpaired) electrons. The molecule has 4 heteroatoms. The maximum atomic E-state index is 2.55. The van der Waals surface area contributed by atoms with E-state index in [1.807, 2.05) is 0 Å². The summed E-state index contributed by atoms with van der Waals surface area (Å²) in [6.07, 6.45) is 5.53. The van der Waals surface area contributed by atoms with Gasteiger partial charge in [-0.15, -0.1) is 0 Å². The van der Waals surface area contributed by atoms with Crippen LogP contribution in [0.1, 0.15) is 12.0 Å². The molecule has 360 valence electrons. The van der Waals surface area contributed by atoms with Crippen LogP contribution in [0.15, 0.2) is 303 Å². The van der Waals surface area contributed by atoms with Gasteiger partial charge in [-0.25, -0.2) is 0 Å². The number of hydrogen-bond acceptors (Lipinski definition) is 3. The van der Waals surface area contributed by atoms with Crippen LogP contribution in [-0.2, 0) is 0 Å². The molecule has 1 atom stereocenters. The van der Waals surface area contributed by atoms with Gasteiger partial charge in [0.1, 0.15) is 0 Å². The number of para-hydroxylation sites is 4. The average Bonchev–Trinajstić information content (AvgIpc) is 4.01. The highest BCUT2D eigenvalue weighted by atomic mass is 15.2. The minimum absolute atomic E-state index is 0.130. The summed E-state index contributed by atoms with van der Waals surface area (Å²) in [7, 11) is 0. The van der Waals surface area contributed by atoms with E-state index in [1.54, 1.807) is 0 Å². The van der Waals surface area contributed by atoms with E-state index < -0.39 is 0 Å². The Balaban J connectivity index is 0.803. The second-order valence-corrected chi connectivity index (χ2v) is 19.7. The Hall–Kier alpha value is -9.90. The summed E-state index contributed by atoms with van der Waals surface area (Å²) in [6.45, 7) is 0. The lowest BCUT2D eigenvalue weighted by molar-refractivity contribution is 0.782. The molecule has 1 unspecified atom stereocenters. The molecule has 12 aromatic rings. The minimum atomic E-state index is 0.130. The number of allylic oxidation sites excluding steroid dienone is 2. The second kappa shape index (κ2) is 19.2. The molecule has 0 N–H and O–H groups in total. The summed E-state index contributed by atoms with van der Waals surface area (Å²) in [6, 6.07) is 104. The van der Waals surface area contributed by atoms with Crippen LogP contribution < -0.4 is 14.7 Å². The Morgan fingerprint density at radius 3 is 1.47 bits per heavy atom. The number of benzene rings is 11. The molecule has 1 aliphatic heterocycles. The molecular formula is C72H52N4. The zero-order chi connectivity index (χ0) is 50.4. The van der Waals surface area contributed by atoms with Gasteiger partial charge in [0.25, 0.3) is 0 Å². The van der Waals surface area contributed by atoms with E-state index >= 15 is 0 Å². The first kappa shape index (κ1) is 44.8. The Kier molecular flexibility index (Phi) is 11.3. The van der Waals surface area contributed by atoms with E-state index in [-0.39, 0.29) is 6.04 Å². The van der Waals surface area contributed by atoms with Crippen molar-refractivity contribution in [2.24, 2.45) is 0 Å². The standard InChI is InChI=1S/C72H52N4/c1-5-18-51(19-6-1)53-32-40-60(41-33-53)75-69-30-15-13-28-65(69)67-46-44-63(49-71(67)75)73(57-23-9-3-10-24-57)59-38-36-55(37-39-59)56-22-17-27-62(48-56)74(58-25-11-4-12-26-58)64-45-47-68-66-29-14-16-31-70(66)76(72(68)50-64)61-42-34-54(35-43-61)52-20-7-2-8-21-52/h1-49,72H,50H2. The lowest BCUT2D eigenvalue weighted by Crippen LogP contribution is -2.31. The van der Waals surface area contributed by atoms with Crippen LogP contribution in [0.4, 0.5) is 39.8 Å². The summed E-state index contributed by atoms with van der Waals surface area (Å²) in [5.41, 5.74) is 22.5. The topological polar surface area (TPSA) is 14.7 Å². The SMILES string of the molecule is C1=C2c3ccccc3N(c3ccc(-c4ccccc4)cc3)C2CC(N(c2ccccc2)c2cccc(-c3ccc(N(c4ccccc4)c4ccc5c6ccccc6n(-c6ccc(-c7ccccc7)cc6)c5c4)cc3)c2)=C1. The third-order valence-corrected chi connectivity index (χ3v) is 15.3. The first-order valence-electron chi connectivity index (χ1n) is 26.2. The number of nitrogens with zero attached hydrogens (tertiary/aromatic N) is 4. The fourth-order valence-corrected chi connectivity index (χ4v) is 11.7. The zero-order valence-corrected chi connectivity index (χ0v) is 41.9. The zero-order valence-electron chi connectivity index (χ0n) is 41.9. The molecule has 0 amide bonds. The van der Waals surface area contributed by atoms with Crippen LogP contribution in [0.3, 0.4) is 0 Å². The van der Waals surface area contributed by atoms with Crippen molar-refractivity contribution in [3.8, 4) is 39.1 Å². The summed E-state index contributed by atoms with van der Waals surface area (Å²) >= 11 is 0. The van der Waals surface area contributed by atoms with Crippen LogP contribution in [0.25, 0.3) is 66.4 Å². The van der Waals surface area contributed by atoms with E-state index in [4.69, 9.17) is 0 Å². The van der Waals surface area contributed by atoms with Gasteiger partial charge in [-0.3, -0.25) is 0 Å². The van der Waals surface area contributed by atoms with Gasteiger partial charge in [-0.2, -0.15) is 0 Å². The van der Waals surface area contributed by atoms with Gasteiger partial charge in [0, 0.05) is 74.0 Å². The Bertz CT molecular complexity index is 4110. The minimum Gasteiger partial charge on any atom is -0.333 e. The van der Waals surface area contributed by atoms with E-state index in [1.165, 1.54) is 66.8 Å². The Labute approximate surface area is 444 Å². The molecule has 0 saturated heterocycles. The predicted molar refractivity (Wildman–Crippen MR) is 320 cm³/mol. The van der Waals surface area contributed by atoms with Gasteiger partial charge in [-0.05, 0) is 142 Å². The number of hydrogen-bond donors (Lipinski definition) is 0. The highest BCUT2D eigenvalue weighted by Crippen LogP contribution is 2.50. The predicted octanol–water partition coefficient (Wildman–Crippen LogP) is 19.3. The maximum Gasteiger partial charge on any atom is 0.0653 e. The summed E-state index contributed by atoms with van der Waals surface area (Å²) in [5, 5.41) is 2.45. The Morgan fingerprint density at radius 1 is 0.316 bits per heavy atom. The van der Waals surface area contributed by atoms with E-state index in [9.17, 15) is 0 Å². The van der Waals surface area contributed by atoms with E-state index in [0.29, 0.717) is 0 Å². The average molecular weight is 973 g/mol. The smallest absolute Gasteiger partial charge is 0.0653 e. The molecule has 0 spiro atoms. The molecule has 76 heavy (non-hydrogen) atoms. The number of fused-ring (bicyclic) bond motifs is 6. The van der Waals surface area contributed by atoms with E-state index in [0.717, 1.165) is 57.2 Å². The number of anilines is 7. The number of rotatable bonds is 11. The second-order valence-electron chi connectivity index (χ2n) is 19.7. The largest absolute Gasteiger partial charge is 0.333 e. The van der Waals surface area contributed by atoms with Crippen molar-refractivity contribution in [1.29, 1.82) is 0 Å². The van der Waals surface area contributed by atoms with Crippen molar-refractivity contribution < 1.29 is 0 Å². The van der Waals surface area contributed by atoms with Crippen LogP contribution in [0, 0.1) is 0 Å². The lowest BCUT2D eigenvalue weighted by Gasteiger charge is -2.35. The normalized spacial score (nSPS) is 13.7. The van der Waals surface area contributed by atoms with Gasteiger partial charge in [0.2, 0.25) is 0 Å². The molecule has 4 nitrogen and oxygen atoms in total. The molecule has 11 aromatic carbocycles. The summed E-state index contributed by atoms with van der Waals surface area (Å²) in [5.74, 6) is 0. The van der Waals surface area contributed by atoms with Gasteiger partial charge in [-0.1, -0.05) is 194 Å². The van der Waals surface area contributed by atoms with Crippen molar-refractivity contribution in [3.63, 3.8) is 0 Å². The van der Waals surface area contributed by atoms with Crippen LogP contribution >= 0.6 is 0 Å². The third kappa shape index (κ3) is 8.05. The van der Waals surface area contributed by atoms with Crippen molar-refractivity contribution in [3.05, 3.63) is 309 Å². The van der Waals surface area contributed by atoms with Gasteiger partial charge >= 0.3 is 0 Å². The van der Waals surface area contributed by atoms with Crippen LogP contribution in [0.5, 0.6) is 0 Å². The fraction of sp³-hybridized carbons (Fsp3) is 0.0278. The van der Waals surface area contributed by atoms with Gasteiger partial charge in [0.15, 0.2) is 0 Å². The highest BCUT2D eigenvalue weighted by molar-refractivity contribution is 6.10. The molecular weight excluding hydrogens is 921 g/mol. The van der Waals surface area contributed by atoms with Crippen LogP contribution in [-0.4, -0.2) is 10.6 Å². The molecule has 0 fully saturated rings. The first-order chi connectivity index (χ1) is 37.7. The maximum absolute atomic E-state index is 2.55. The van der Waals surface area contributed by atoms with E-state index in [2.05, 4.69) is 317 Å². The molecule has 2 heterocycles. The highest BCUT2D eigenvalue weighted by Gasteiger charge is 2.38. The van der Waals surface area contributed by atoms with Gasteiger partial charge in [0.05, 0.1) is 17.1 Å². The fourth-order valence-electron chi connectivity index (χ4n) is 11.7. The van der Waals surface area contributed by atoms with Gasteiger partial charge < -0.3 is 19.3 Å². The summed E-state index contributed by atoms with van der Waals surface area (Å²) in [4.78, 5) is 7.37. The molecule has 14 rings (SSSR count). The quantitative estimate of drug-likeness (QED) is 0.128. The molecule has 1 aliphatic carbocycles.